The number of benzene rings is 2. The van der Waals surface area contributed by atoms with Gasteiger partial charge in [-0.1, -0.05) is 28.1 Å². The van der Waals surface area contributed by atoms with Crippen molar-refractivity contribution >= 4 is 38.2 Å². The molecule has 0 fully saturated rings. The van der Waals surface area contributed by atoms with Crippen molar-refractivity contribution in [1.82, 2.24) is 10.3 Å². The molecule has 0 aliphatic heterocycles. The molecule has 2 aromatic carbocycles. The van der Waals surface area contributed by atoms with E-state index in [0.29, 0.717) is 6.04 Å². The smallest absolute Gasteiger partial charge is 0.121 e. The van der Waals surface area contributed by atoms with E-state index in [4.69, 9.17) is 9.72 Å². The predicted molar refractivity (Wildman–Crippen MR) is 126 cm³/mol. The monoisotopic (exact) mass is 466 g/mol. The number of pyridine rings is 1. The van der Waals surface area contributed by atoms with Crippen molar-refractivity contribution in [1.29, 1.82) is 0 Å². The van der Waals surface area contributed by atoms with Crippen LogP contribution in [0.15, 0.2) is 69.8 Å². The molecule has 0 saturated carbocycles. The van der Waals surface area contributed by atoms with Crippen molar-refractivity contribution < 1.29 is 4.74 Å². The first-order chi connectivity index (χ1) is 14.1. The van der Waals surface area contributed by atoms with Gasteiger partial charge in [-0.25, -0.2) is 4.98 Å². The quantitative estimate of drug-likeness (QED) is 0.339. The normalized spacial score (nSPS) is 12.2. The van der Waals surface area contributed by atoms with E-state index >= 15 is 0 Å². The molecule has 2 aromatic heterocycles. The molecule has 5 heteroatoms. The number of hydrogen-bond donors (Lipinski definition) is 1. The Morgan fingerprint density at radius 1 is 1.10 bits per heavy atom. The Balaban J connectivity index is 1.58. The van der Waals surface area contributed by atoms with Crippen molar-refractivity contribution in [3.8, 4) is 17.0 Å². The summed E-state index contributed by atoms with van der Waals surface area (Å²) in [4.78, 5) is 4.98. The van der Waals surface area contributed by atoms with Crippen molar-refractivity contribution in [2.75, 3.05) is 7.11 Å². The highest BCUT2D eigenvalue weighted by molar-refractivity contribution is 9.10. The number of thiophene rings is 1. The van der Waals surface area contributed by atoms with Gasteiger partial charge >= 0.3 is 0 Å². The van der Waals surface area contributed by atoms with Gasteiger partial charge in [0, 0.05) is 39.5 Å². The molecule has 4 aromatic rings. The van der Waals surface area contributed by atoms with Crippen LogP contribution in [0.5, 0.6) is 5.75 Å². The van der Waals surface area contributed by atoms with Crippen LogP contribution in [-0.2, 0) is 13.0 Å². The number of rotatable bonds is 7. The first-order valence-corrected chi connectivity index (χ1v) is 11.3. The first-order valence-electron chi connectivity index (χ1n) is 9.60. The van der Waals surface area contributed by atoms with Gasteiger partial charge in [-0.3, -0.25) is 0 Å². The number of halogens is 1. The maximum absolute atomic E-state index is 5.37. The minimum Gasteiger partial charge on any atom is -0.497 e. The van der Waals surface area contributed by atoms with Crippen molar-refractivity contribution in [3.05, 3.63) is 81.0 Å². The summed E-state index contributed by atoms with van der Waals surface area (Å²) in [5.74, 6) is 0.829. The lowest BCUT2D eigenvalue weighted by Gasteiger charge is -2.16. The third-order valence-corrected chi connectivity index (χ3v) is 6.21. The number of nitrogens with one attached hydrogen (secondary N) is 1. The first kappa shape index (κ1) is 20.1. The van der Waals surface area contributed by atoms with Gasteiger partial charge in [-0.05, 0) is 66.2 Å². The van der Waals surface area contributed by atoms with E-state index in [1.165, 1.54) is 11.1 Å². The summed E-state index contributed by atoms with van der Waals surface area (Å²) in [6.45, 7) is 3.00. The van der Waals surface area contributed by atoms with Crippen LogP contribution in [0.2, 0.25) is 0 Å². The summed E-state index contributed by atoms with van der Waals surface area (Å²) in [5, 5.41) is 9.06. The summed E-state index contributed by atoms with van der Waals surface area (Å²) < 4.78 is 6.48. The van der Waals surface area contributed by atoms with Crippen LogP contribution >= 0.6 is 27.3 Å². The average Bonchev–Trinajstić information content (AvgIpc) is 3.27. The molecule has 3 nitrogen and oxygen atoms in total. The fourth-order valence-corrected chi connectivity index (χ4v) is 4.34. The van der Waals surface area contributed by atoms with E-state index in [-0.39, 0.29) is 0 Å². The predicted octanol–water partition coefficient (Wildman–Crippen LogP) is 6.46. The Kier molecular flexibility index (Phi) is 6.28. The molecule has 0 aliphatic carbocycles. The number of ether oxygens (including phenoxy) is 1. The zero-order chi connectivity index (χ0) is 20.2. The summed E-state index contributed by atoms with van der Waals surface area (Å²) in [7, 11) is 1.69. The molecule has 0 amide bonds. The van der Waals surface area contributed by atoms with Gasteiger partial charge in [0.25, 0.3) is 0 Å². The minimum atomic E-state index is 0.359. The van der Waals surface area contributed by atoms with Gasteiger partial charge in [0.2, 0.25) is 0 Å². The van der Waals surface area contributed by atoms with Crippen LogP contribution in [-0.4, -0.2) is 18.1 Å². The number of nitrogens with zero attached hydrogens (tertiary/aromatic N) is 1. The topological polar surface area (TPSA) is 34.1 Å². The Morgan fingerprint density at radius 2 is 1.93 bits per heavy atom. The van der Waals surface area contributed by atoms with Crippen LogP contribution in [0, 0.1) is 0 Å². The zero-order valence-electron chi connectivity index (χ0n) is 16.5. The molecule has 0 spiro atoms. The second-order valence-corrected chi connectivity index (χ2v) is 8.88. The van der Waals surface area contributed by atoms with Crippen LogP contribution in [0.25, 0.3) is 22.2 Å². The molecule has 0 saturated heterocycles. The molecule has 2 heterocycles. The maximum Gasteiger partial charge on any atom is 0.121 e. The fraction of sp³-hybridized carbons (Fsp3) is 0.208. The highest BCUT2D eigenvalue weighted by Gasteiger charge is 2.12. The SMILES string of the molecule is COc1ccc2cc(CNC(C)Cc3ccc(Br)cc3)c(-c3ccsc3)nc2c1. The molecule has 0 aliphatic rings. The molecule has 1 unspecified atom stereocenters. The van der Waals surface area contributed by atoms with Crippen molar-refractivity contribution in [2.24, 2.45) is 0 Å². The summed E-state index contributed by atoms with van der Waals surface area (Å²) in [6.07, 6.45) is 0.985. The fourth-order valence-electron chi connectivity index (χ4n) is 3.43. The average molecular weight is 467 g/mol. The summed E-state index contributed by atoms with van der Waals surface area (Å²) in [6, 6.07) is 19.3. The van der Waals surface area contributed by atoms with Crippen LogP contribution < -0.4 is 10.1 Å². The van der Waals surface area contributed by atoms with Crippen LogP contribution in [0.4, 0.5) is 0 Å². The third kappa shape index (κ3) is 4.86. The zero-order valence-corrected chi connectivity index (χ0v) is 18.9. The number of methoxy groups -OCH3 is 1. The van der Waals surface area contributed by atoms with Gasteiger partial charge in [0.15, 0.2) is 0 Å². The van der Waals surface area contributed by atoms with Crippen molar-refractivity contribution in [2.45, 2.75) is 25.9 Å². The Morgan fingerprint density at radius 3 is 2.66 bits per heavy atom. The lowest BCUT2D eigenvalue weighted by atomic mass is 10.0. The number of fused-ring (bicyclic) bond motifs is 1. The Labute approximate surface area is 183 Å². The standard InChI is InChI=1S/C24H23BrN2OS/c1-16(11-17-3-6-21(25)7-4-17)26-14-20-12-18-5-8-22(28-2)13-23(18)27-24(20)19-9-10-29-15-19/h3-10,12-13,15-16,26H,11,14H2,1-2H3. The second-order valence-electron chi connectivity index (χ2n) is 7.18. The van der Waals surface area contributed by atoms with E-state index in [9.17, 15) is 0 Å². The van der Waals surface area contributed by atoms with E-state index in [1.54, 1.807) is 18.4 Å². The van der Waals surface area contributed by atoms with Gasteiger partial charge in [-0.15, -0.1) is 0 Å². The highest BCUT2D eigenvalue weighted by Crippen LogP contribution is 2.29. The van der Waals surface area contributed by atoms with Crippen LogP contribution in [0.3, 0.4) is 0 Å². The molecular formula is C24H23BrN2OS. The highest BCUT2D eigenvalue weighted by atomic mass is 79.9. The number of aromatic nitrogens is 1. The minimum absolute atomic E-state index is 0.359. The van der Waals surface area contributed by atoms with Crippen molar-refractivity contribution in [3.63, 3.8) is 0 Å². The molecule has 0 radical (unpaired) electrons. The number of hydrogen-bond acceptors (Lipinski definition) is 4. The van der Waals surface area contributed by atoms with Gasteiger partial charge in [0.1, 0.15) is 5.75 Å². The third-order valence-electron chi connectivity index (χ3n) is 4.99. The molecule has 4 rings (SSSR count). The molecular weight excluding hydrogens is 444 g/mol. The molecule has 1 N–H and O–H groups in total. The van der Waals surface area contributed by atoms with Gasteiger partial charge < -0.3 is 10.1 Å². The van der Waals surface area contributed by atoms with Gasteiger partial charge in [-0.2, -0.15) is 11.3 Å². The van der Waals surface area contributed by atoms with E-state index in [0.717, 1.165) is 45.3 Å². The lowest BCUT2D eigenvalue weighted by molar-refractivity contribution is 0.415. The van der Waals surface area contributed by atoms with E-state index in [1.807, 2.05) is 12.1 Å². The molecule has 1 atom stereocenters. The van der Waals surface area contributed by atoms with E-state index < -0.39 is 0 Å². The molecule has 0 bridgehead atoms. The summed E-state index contributed by atoms with van der Waals surface area (Å²) in [5.41, 5.74) is 5.70. The van der Waals surface area contributed by atoms with Crippen LogP contribution in [0.1, 0.15) is 18.1 Å². The lowest BCUT2D eigenvalue weighted by Crippen LogP contribution is -2.27. The Hall–Kier alpha value is -2.21. The second kappa shape index (κ2) is 9.08. The van der Waals surface area contributed by atoms with Gasteiger partial charge in [0.05, 0.1) is 18.3 Å². The largest absolute Gasteiger partial charge is 0.497 e. The Bertz CT molecular complexity index is 1090. The molecule has 148 valence electrons. The molecule has 29 heavy (non-hydrogen) atoms. The summed E-state index contributed by atoms with van der Waals surface area (Å²) >= 11 is 5.19. The maximum atomic E-state index is 5.37. The van der Waals surface area contributed by atoms with E-state index in [2.05, 4.69) is 81.4 Å².